The van der Waals surface area contributed by atoms with Crippen molar-refractivity contribution in [1.29, 1.82) is 0 Å². The first-order chi connectivity index (χ1) is 14.9. The first-order valence-corrected chi connectivity index (χ1v) is 10.3. The Morgan fingerprint density at radius 1 is 1.19 bits per heavy atom. The maximum Gasteiger partial charge on any atom is 0.408 e. The number of alkyl carbamates (subject to hydrolysis) is 1. The number of benzene rings is 2. The number of ether oxygens (including phenoxy) is 2. The molecule has 8 heteroatoms. The van der Waals surface area contributed by atoms with Crippen LogP contribution in [0.4, 0.5) is 16.2 Å². The third-order valence-electron chi connectivity index (χ3n) is 5.16. The lowest BCUT2D eigenvalue weighted by molar-refractivity contribution is -0.122. The van der Waals surface area contributed by atoms with Crippen LogP contribution in [0.25, 0.3) is 0 Å². The Morgan fingerprint density at radius 2 is 1.94 bits per heavy atom. The Kier molecular flexibility index (Phi) is 7.12. The number of rotatable bonds is 7. The van der Waals surface area contributed by atoms with E-state index >= 15 is 0 Å². The second-order valence-corrected chi connectivity index (χ2v) is 7.52. The number of fused-ring (bicyclic) bond motifs is 1. The van der Waals surface area contributed by atoms with Gasteiger partial charge in [0.2, 0.25) is 5.91 Å². The van der Waals surface area contributed by atoms with Gasteiger partial charge in [0.1, 0.15) is 18.4 Å². The lowest BCUT2D eigenvalue weighted by Crippen LogP contribution is -2.47. The smallest absolute Gasteiger partial charge is 0.408 e. The van der Waals surface area contributed by atoms with Crippen LogP contribution in [0.15, 0.2) is 48.5 Å². The number of nitrogens with one attached hydrogen (secondary N) is 3. The van der Waals surface area contributed by atoms with Crippen LogP contribution in [-0.2, 0) is 20.9 Å². The average molecular weight is 425 g/mol. The summed E-state index contributed by atoms with van der Waals surface area (Å²) in [5.74, 6) is -0.212. The minimum Gasteiger partial charge on any atom is -0.479 e. The molecule has 8 nitrogen and oxygen atoms in total. The summed E-state index contributed by atoms with van der Waals surface area (Å²) < 4.78 is 10.8. The predicted octanol–water partition coefficient (Wildman–Crippen LogP) is 3.69. The number of carbonyl (C=O) groups is 3. The van der Waals surface area contributed by atoms with Crippen LogP contribution < -0.4 is 20.7 Å². The van der Waals surface area contributed by atoms with Crippen molar-refractivity contribution in [3.05, 3.63) is 54.1 Å². The molecule has 0 unspecified atom stereocenters. The third-order valence-corrected chi connectivity index (χ3v) is 5.16. The number of hydrogen-bond acceptors (Lipinski definition) is 5. The van der Waals surface area contributed by atoms with Crippen LogP contribution in [0.5, 0.6) is 5.75 Å². The molecule has 1 heterocycles. The van der Waals surface area contributed by atoms with Crippen LogP contribution >= 0.6 is 0 Å². The summed E-state index contributed by atoms with van der Waals surface area (Å²) in [5.41, 5.74) is 1.82. The van der Waals surface area contributed by atoms with Crippen LogP contribution in [0.3, 0.4) is 0 Å². The topological polar surface area (TPSA) is 106 Å². The largest absolute Gasteiger partial charge is 0.479 e. The average Bonchev–Trinajstić information content (AvgIpc) is 2.77. The van der Waals surface area contributed by atoms with Gasteiger partial charge in [-0.2, -0.15) is 0 Å². The Balaban J connectivity index is 1.64. The zero-order valence-electron chi connectivity index (χ0n) is 17.8. The van der Waals surface area contributed by atoms with Crippen molar-refractivity contribution >= 4 is 29.3 Å². The van der Waals surface area contributed by atoms with Crippen LogP contribution in [0, 0.1) is 5.92 Å². The van der Waals surface area contributed by atoms with Crippen molar-refractivity contribution in [1.82, 2.24) is 5.32 Å². The molecule has 0 saturated heterocycles. The summed E-state index contributed by atoms with van der Waals surface area (Å²) in [5, 5.41) is 8.21. The second kappa shape index (κ2) is 9.97. The SMILES string of the molecule is CC[C@H](C)[C@H](NC(=O)OCc1ccccc1)C(=O)Nc1ccc2c(c1)NC(=O)[C@H](C)O2. The van der Waals surface area contributed by atoms with Crippen molar-refractivity contribution < 1.29 is 23.9 Å². The fourth-order valence-corrected chi connectivity index (χ4v) is 3.10. The van der Waals surface area contributed by atoms with Gasteiger partial charge in [-0.05, 0) is 36.6 Å². The van der Waals surface area contributed by atoms with E-state index < -0.39 is 18.2 Å². The second-order valence-electron chi connectivity index (χ2n) is 7.52. The highest BCUT2D eigenvalue weighted by Crippen LogP contribution is 2.32. The first-order valence-electron chi connectivity index (χ1n) is 10.3. The van der Waals surface area contributed by atoms with Crippen molar-refractivity contribution in [2.45, 2.75) is 45.9 Å². The van der Waals surface area contributed by atoms with Gasteiger partial charge in [0, 0.05) is 5.69 Å². The molecule has 3 N–H and O–H groups in total. The number of anilines is 2. The van der Waals surface area contributed by atoms with Gasteiger partial charge in [0.15, 0.2) is 6.10 Å². The number of amides is 3. The Hall–Kier alpha value is -3.55. The molecule has 0 saturated carbocycles. The quantitative estimate of drug-likeness (QED) is 0.627. The molecule has 0 fully saturated rings. The van der Waals surface area contributed by atoms with E-state index in [0.29, 0.717) is 23.5 Å². The van der Waals surface area contributed by atoms with Gasteiger partial charge in [-0.1, -0.05) is 50.6 Å². The molecule has 1 aliphatic rings. The molecule has 0 bridgehead atoms. The molecule has 0 spiro atoms. The molecule has 0 aromatic heterocycles. The molecule has 164 valence electrons. The van der Waals surface area contributed by atoms with E-state index in [1.54, 1.807) is 25.1 Å². The highest BCUT2D eigenvalue weighted by atomic mass is 16.5. The highest BCUT2D eigenvalue weighted by Gasteiger charge is 2.28. The first kappa shape index (κ1) is 22.1. The van der Waals surface area contributed by atoms with Crippen LogP contribution in [0.2, 0.25) is 0 Å². The molecule has 0 radical (unpaired) electrons. The molecule has 1 aliphatic heterocycles. The van der Waals surface area contributed by atoms with Crippen molar-refractivity contribution in [3.8, 4) is 5.75 Å². The molecule has 3 atom stereocenters. The van der Waals surface area contributed by atoms with E-state index in [4.69, 9.17) is 9.47 Å². The van der Waals surface area contributed by atoms with E-state index in [1.165, 1.54) is 0 Å². The summed E-state index contributed by atoms with van der Waals surface area (Å²) in [6, 6.07) is 13.5. The minimum atomic E-state index is -0.782. The van der Waals surface area contributed by atoms with Gasteiger partial charge in [-0.15, -0.1) is 0 Å². The lowest BCUT2D eigenvalue weighted by atomic mass is 9.98. The fourth-order valence-electron chi connectivity index (χ4n) is 3.10. The monoisotopic (exact) mass is 425 g/mol. The molecule has 2 aromatic rings. The number of hydrogen-bond donors (Lipinski definition) is 3. The summed E-state index contributed by atoms with van der Waals surface area (Å²) >= 11 is 0. The molecule has 2 aromatic carbocycles. The molecule has 31 heavy (non-hydrogen) atoms. The molecular weight excluding hydrogens is 398 g/mol. The van der Waals surface area contributed by atoms with Gasteiger partial charge < -0.3 is 25.4 Å². The standard InChI is InChI=1S/C23H27N3O5/c1-4-14(2)20(26-23(29)30-13-16-8-6-5-7-9-16)22(28)24-17-10-11-19-18(12-17)25-21(27)15(3)31-19/h5-12,14-15,20H,4,13H2,1-3H3,(H,24,28)(H,25,27)(H,26,29)/t14-,15-,20-/m0/s1. The summed E-state index contributed by atoms with van der Waals surface area (Å²) in [4.78, 5) is 37.0. The Morgan fingerprint density at radius 3 is 2.65 bits per heavy atom. The van der Waals surface area contributed by atoms with Gasteiger partial charge in [-0.25, -0.2) is 4.79 Å². The Bertz CT molecular complexity index is 947. The molecule has 3 amide bonds. The summed E-state index contributed by atoms with van der Waals surface area (Å²) in [6.07, 6.45) is -0.554. The maximum atomic E-state index is 12.9. The van der Waals surface area contributed by atoms with Crippen LogP contribution in [-0.4, -0.2) is 30.1 Å². The highest BCUT2D eigenvalue weighted by molar-refractivity contribution is 6.00. The van der Waals surface area contributed by atoms with E-state index in [0.717, 1.165) is 5.56 Å². The molecule has 0 aliphatic carbocycles. The van der Waals surface area contributed by atoms with Crippen LogP contribution in [0.1, 0.15) is 32.8 Å². The van der Waals surface area contributed by atoms with E-state index in [9.17, 15) is 14.4 Å². The van der Waals surface area contributed by atoms with Gasteiger partial charge in [0.25, 0.3) is 5.91 Å². The normalized spacial score (nSPS) is 16.7. The van der Waals surface area contributed by atoms with Crippen molar-refractivity contribution in [3.63, 3.8) is 0 Å². The maximum absolute atomic E-state index is 12.9. The number of carbonyl (C=O) groups excluding carboxylic acids is 3. The lowest BCUT2D eigenvalue weighted by Gasteiger charge is -2.25. The fraction of sp³-hybridized carbons (Fsp3) is 0.348. The molecule has 3 rings (SSSR count). The van der Waals surface area contributed by atoms with Gasteiger partial charge in [0.05, 0.1) is 5.69 Å². The van der Waals surface area contributed by atoms with Gasteiger partial charge in [-0.3, -0.25) is 9.59 Å². The zero-order valence-corrected chi connectivity index (χ0v) is 17.8. The van der Waals surface area contributed by atoms with E-state index in [2.05, 4.69) is 16.0 Å². The zero-order chi connectivity index (χ0) is 22.4. The minimum absolute atomic E-state index is 0.116. The summed E-state index contributed by atoms with van der Waals surface area (Å²) in [6.45, 7) is 5.59. The van der Waals surface area contributed by atoms with Gasteiger partial charge >= 0.3 is 6.09 Å². The summed E-state index contributed by atoms with van der Waals surface area (Å²) in [7, 11) is 0. The van der Waals surface area contributed by atoms with Crippen molar-refractivity contribution in [2.24, 2.45) is 5.92 Å². The van der Waals surface area contributed by atoms with E-state index in [1.807, 2.05) is 44.2 Å². The molecular formula is C23H27N3O5. The van der Waals surface area contributed by atoms with E-state index in [-0.39, 0.29) is 24.3 Å². The van der Waals surface area contributed by atoms with Crippen molar-refractivity contribution in [2.75, 3.05) is 10.6 Å². The third kappa shape index (κ3) is 5.75. The Labute approximate surface area is 181 Å². The predicted molar refractivity (Wildman–Crippen MR) is 117 cm³/mol.